The molecule has 7 atom stereocenters. The lowest BCUT2D eigenvalue weighted by Crippen LogP contribution is -2.55. The number of rotatable bonds is 15. The molecule has 5 rings (SSSR count). The molecular weight excluding hydrogens is 572 g/mol. The van der Waals surface area contributed by atoms with Gasteiger partial charge in [-0.05, 0) is 83.6 Å². The van der Waals surface area contributed by atoms with Crippen molar-refractivity contribution in [3.8, 4) is 0 Å². The quantitative estimate of drug-likeness (QED) is 0.127. The summed E-state index contributed by atoms with van der Waals surface area (Å²) in [7, 11) is 1.70. The lowest BCUT2D eigenvalue weighted by Gasteiger charge is -2.42. The lowest BCUT2D eigenvalue weighted by molar-refractivity contribution is -0.173. The van der Waals surface area contributed by atoms with Crippen LogP contribution in [0, 0.1) is 11.8 Å². The number of hydrogen-bond donors (Lipinski definition) is 2. The van der Waals surface area contributed by atoms with Crippen molar-refractivity contribution in [2.75, 3.05) is 20.3 Å². The number of allylic oxidation sites excluding steroid dienone is 1. The average Bonchev–Trinajstić information content (AvgIpc) is 3.94. The number of amides is 1. The van der Waals surface area contributed by atoms with E-state index in [4.69, 9.17) is 18.9 Å². The van der Waals surface area contributed by atoms with Crippen LogP contribution in [0.15, 0.2) is 42.0 Å². The average molecular weight is 625 g/mol. The molecule has 9 nitrogen and oxygen atoms in total. The van der Waals surface area contributed by atoms with Crippen molar-refractivity contribution in [3.63, 3.8) is 0 Å². The van der Waals surface area contributed by atoms with Gasteiger partial charge in [0.25, 0.3) is 0 Å². The Hall–Kier alpha value is -2.59. The summed E-state index contributed by atoms with van der Waals surface area (Å²) in [6, 6.07) is 9.65. The number of nitrogens with one attached hydrogen (secondary N) is 2. The van der Waals surface area contributed by atoms with Gasteiger partial charge in [-0.25, -0.2) is 0 Å². The van der Waals surface area contributed by atoms with Gasteiger partial charge in [0.1, 0.15) is 29.7 Å². The third-order valence-electron chi connectivity index (χ3n) is 10.4. The zero-order valence-electron chi connectivity index (χ0n) is 27.4. The van der Waals surface area contributed by atoms with Gasteiger partial charge in [-0.3, -0.25) is 9.59 Å². The van der Waals surface area contributed by atoms with Crippen molar-refractivity contribution in [2.24, 2.45) is 11.8 Å². The van der Waals surface area contributed by atoms with Crippen molar-refractivity contribution in [1.29, 1.82) is 0 Å². The molecule has 4 aliphatic rings. The minimum Gasteiger partial charge on any atom is -0.460 e. The van der Waals surface area contributed by atoms with E-state index in [1.54, 1.807) is 7.11 Å². The fourth-order valence-electron chi connectivity index (χ4n) is 7.74. The fourth-order valence-corrected chi connectivity index (χ4v) is 7.74. The smallest absolute Gasteiger partial charge is 0.306 e. The van der Waals surface area contributed by atoms with E-state index in [0.29, 0.717) is 32.4 Å². The summed E-state index contributed by atoms with van der Waals surface area (Å²) in [5.41, 5.74) is 1.76. The molecule has 1 spiro atoms. The zero-order chi connectivity index (χ0) is 32.0. The number of carbonyl (C=O) groups is 3. The van der Waals surface area contributed by atoms with Crippen molar-refractivity contribution < 1.29 is 33.3 Å². The Bertz CT molecular complexity index is 1190. The van der Waals surface area contributed by atoms with Crippen molar-refractivity contribution in [2.45, 2.75) is 127 Å². The SMILES string of the molecule is COC1C(OC(=O)CC2CCC(NC(=O)CCN[C@H](C=O)Cc3ccccc3)CC2)CC[C@]2(CO2)C1C1(C)O[C@@H]1CC=C(C)C. The first-order chi connectivity index (χ1) is 21.7. The number of aldehydes is 1. The first kappa shape index (κ1) is 33.8. The molecule has 2 N–H and O–H groups in total. The summed E-state index contributed by atoms with van der Waals surface area (Å²) in [5.74, 6) is 0.0747. The van der Waals surface area contributed by atoms with Crippen LogP contribution in [-0.4, -0.2) is 80.0 Å². The van der Waals surface area contributed by atoms with Crippen molar-refractivity contribution >= 4 is 18.2 Å². The highest BCUT2D eigenvalue weighted by Gasteiger charge is 2.72. The van der Waals surface area contributed by atoms with Crippen LogP contribution in [0.3, 0.4) is 0 Å². The van der Waals surface area contributed by atoms with Crippen LogP contribution < -0.4 is 10.6 Å². The molecule has 2 heterocycles. The van der Waals surface area contributed by atoms with Gasteiger partial charge >= 0.3 is 5.97 Å². The maximum atomic E-state index is 13.2. The molecule has 4 unspecified atom stereocenters. The minimum atomic E-state index is -0.356. The van der Waals surface area contributed by atoms with Crippen molar-refractivity contribution in [1.82, 2.24) is 10.6 Å². The Morgan fingerprint density at radius 1 is 1.11 bits per heavy atom. The molecule has 2 aliphatic heterocycles. The van der Waals surface area contributed by atoms with E-state index < -0.39 is 0 Å². The molecule has 1 aromatic carbocycles. The molecule has 0 bridgehead atoms. The Balaban J connectivity index is 1.02. The van der Waals surface area contributed by atoms with Crippen molar-refractivity contribution in [3.05, 3.63) is 47.5 Å². The number of methoxy groups -OCH3 is 1. The first-order valence-electron chi connectivity index (χ1n) is 16.8. The van der Waals surface area contributed by atoms with Gasteiger partial charge in [-0.15, -0.1) is 0 Å². The van der Waals surface area contributed by atoms with Crippen LogP contribution in [0.25, 0.3) is 0 Å². The van der Waals surface area contributed by atoms with Gasteiger partial charge in [0.2, 0.25) is 5.91 Å². The second-order valence-electron chi connectivity index (χ2n) is 14.0. The molecule has 2 saturated heterocycles. The highest BCUT2D eigenvalue weighted by atomic mass is 16.6. The van der Waals surface area contributed by atoms with Crippen LogP contribution in [0.1, 0.15) is 84.1 Å². The Morgan fingerprint density at radius 2 is 1.84 bits per heavy atom. The topological polar surface area (TPSA) is 119 Å². The van der Waals surface area contributed by atoms with Crippen LogP contribution in [0.4, 0.5) is 0 Å². The molecule has 45 heavy (non-hydrogen) atoms. The van der Waals surface area contributed by atoms with Crippen LogP contribution in [-0.2, 0) is 39.8 Å². The van der Waals surface area contributed by atoms with E-state index in [1.807, 2.05) is 30.3 Å². The molecule has 2 aliphatic carbocycles. The van der Waals surface area contributed by atoms with E-state index in [0.717, 1.165) is 56.8 Å². The Kier molecular flexibility index (Phi) is 11.2. The standard InChI is InChI=1S/C36H52N2O7/c1-24(2)10-15-30-35(3,45-30)34-33(42-4)29(16-18-36(34)23-43-36)44-32(41)21-26-11-13-27(14-12-26)38-31(40)17-19-37-28(22-39)20-25-8-6-5-7-9-25/h5-10,22,26-30,33-34,37H,11-21,23H2,1-4H3,(H,38,40)/t26?,27?,28-,29?,30+,33?,34?,35?,36-/m0/s1. The van der Waals surface area contributed by atoms with E-state index in [-0.39, 0.29) is 65.3 Å². The maximum absolute atomic E-state index is 13.2. The molecule has 0 radical (unpaired) electrons. The van der Waals surface area contributed by atoms with Gasteiger partial charge < -0.3 is 34.4 Å². The first-order valence-corrected chi connectivity index (χ1v) is 16.8. The molecule has 1 amide bonds. The highest BCUT2D eigenvalue weighted by molar-refractivity contribution is 5.76. The minimum absolute atomic E-state index is 0.0129. The second kappa shape index (κ2) is 14.9. The summed E-state index contributed by atoms with van der Waals surface area (Å²) in [4.78, 5) is 37.2. The maximum Gasteiger partial charge on any atom is 0.306 e. The van der Waals surface area contributed by atoms with Gasteiger partial charge in [-0.2, -0.15) is 0 Å². The highest BCUT2D eigenvalue weighted by Crippen LogP contribution is 2.59. The predicted molar refractivity (Wildman–Crippen MR) is 171 cm³/mol. The number of carbonyl (C=O) groups excluding carboxylic acids is 3. The number of esters is 1. The van der Waals surface area contributed by atoms with E-state index in [9.17, 15) is 14.4 Å². The summed E-state index contributed by atoms with van der Waals surface area (Å²) in [6.07, 6.45) is 9.82. The molecule has 2 saturated carbocycles. The van der Waals surface area contributed by atoms with Crippen LogP contribution >= 0.6 is 0 Å². The number of benzene rings is 1. The number of epoxide rings is 2. The predicted octanol–water partition coefficient (Wildman–Crippen LogP) is 4.46. The van der Waals surface area contributed by atoms with Gasteiger partial charge in [0, 0.05) is 32.5 Å². The molecule has 0 aromatic heterocycles. The Morgan fingerprint density at radius 3 is 2.49 bits per heavy atom. The summed E-state index contributed by atoms with van der Waals surface area (Å²) in [6.45, 7) is 7.50. The van der Waals surface area contributed by atoms with Gasteiger partial charge in [-0.1, -0.05) is 42.0 Å². The molecule has 4 fully saturated rings. The van der Waals surface area contributed by atoms with Crippen LogP contribution in [0.2, 0.25) is 0 Å². The second-order valence-corrected chi connectivity index (χ2v) is 14.0. The molecular formula is C36H52N2O7. The number of hydrogen-bond acceptors (Lipinski definition) is 8. The third-order valence-corrected chi connectivity index (χ3v) is 10.4. The summed E-state index contributed by atoms with van der Waals surface area (Å²) >= 11 is 0. The number of ether oxygens (including phenoxy) is 4. The van der Waals surface area contributed by atoms with Gasteiger partial charge in [0.15, 0.2) is 0 Å². The zero-order valence-corrected chi connectivity index (χ0v) is 27.4. The molecule has 248 valence electrons. The molecule has 1 aromatic rings. The fraction of sp³-hybridized carbons (Fsp3) is 0.694. The molecule has 9 heteroatoms. The van der Waals surface area contributed by atoms with E-state index >= 15 is 0 Å². The van der Waals surface area contributed by atoms with Gasteiger partial charge in [0.05, 0.1) is 24.7 Å². The third kappa shape index (κ3) is 8.61. The summed E-state index contributed by atoms with van der Waals surface area (Å²) < 4.78 is 24.5. The Labute approximate surface area is 268 Å². The summed E-state index contributed by atoms with van der Waals surface area (Å²) in [5, 5.41) is 6.33. The van der Waals surface area contributed by atoms with Crippen LogP contribution in [0.5, 0.6) is 0 Å². The largest absolute Gasteiger partial charge is 0.460 e. The monoisotopic (exact) mass is 624 g/mol. The normalized spacial score (nSPS) is 34.4. The lowest BCUT2D eigenvalue weighted by atomic mass is 9.68. The van der Waals surface area contributed by atoms with E-state index in [1.165, 1.54) is 5.57 Å². The van der Waals surface area contributed by atoms with E-state index in [2.05, 4.69) is 37.5 Å².